The van der Waals surface area contributed by atoms with E-state index in [2.05, 4.69) is 4.57 Å². The number of nitrogens with zero attached hydrogens (tertiary/aromatic N) is 3. The Balaban J connectivity index is 1.68. The molecule has 2 atom stereocenters. The molecule has 3 aromatic carbocycles. The summed E-state index contributed by atoms with van der Waals surface area (Å²) < 4.78 is 4.11. The number of imidazole rings is 1. The van der Waals surface area contributed by atoms with E-state index in [-0.39, 0.29) is 11.8 Å². The number of rotatable bonds is 3. The molecule has 0 bridgehead atoms. The van der Waals surface area contributed by atoms with Crippen molar-refractivity contribution >= 4 is 51.6 Å². The zero-order valence-corrected chi connectivity index (χ0v) is 19.4. The van der Waals surface area contributed by atoms with E-state index < -0.39 is 6.04 Å². The average molecular weight is 493 g/mol. The molecule has 4 nitrogen and oxygen atoms in total. The van der Waals surface area contributed by atoms with Crippen LogP contribution in [0.2, 0.25) is 15.1 Å². The normalized spacial score (nSPS) is 17.1. The van der Waals surface area contributed by atoms with Gasteiger partial charge in [0.05, 0.1) is 32.8 Å². The molecule has 1 aliphatic heterocycles. The summed E-state index contributed by atoms with van der Waals surface area (Å²) >= 11 is 18.9. The third kappa shape index (κ3) is 3.21. The smallest absolute Gasteiger partial charge is 0.188 e. The Kier molecular flexibility index (Phi) is 4.84. The third-order valence-electron chi connectivity index (χ3n) is 6.15. The fraction of sp³-hybridized carbons (Fsp3) is 0.0769. The van der Waals surface area contributed by atoms with Crippen molar-refractivity contribution < 1.29 is 4.79 Å². The van der Waals surface area contributed by atoms with Crippen LogP contribution in [0.4, 0.5) is 0 Å². The molecule has 162 valence electrons. The Morgan fingerprint density at radius 3 is 2.33 bits per heavy atom. The zero-order chi connectivity index (χ0) is 22.7. The van der Waals surface area contributed by atoms with Gasteiger partial charge in [0.25, 0.3) is 0 Å². The van der Waals surface area contributed by atoms with Crippen molar-refractivity contribution in [3.8, 4) is 11.5 Å². The van der Waals surface area contributed by atoms with Crippen LogP contribution >= 0.6 is 34.8 Å². The van der Waals surface area contributed by atoms with Crippen molar-refractivity contribution in [1.29, 1.82) is 0 Å². The Hall–Kier alpha value is -3.05. The van der Waals surface area contributed by atoms with E-state index in [0.29, 0.717) is 20.6 Å². The van der Waals surface area contributed by atoms with Crippen LogP contribution in [-0.4, -0.2) is 19.9 Å². The van der Waals surface area contributed by atoms with Gasteiger partial charge in [-0.2, -0.15) is 0 Å². The number of carbonyl (C=O) groups excluding carboxylic acids is 1. The summed E-state index contributed by atoms with van der Waals surface area (Å²) in [6, 6.07) is 23.6. The third-order valence-corrected chi connectivity index (χ3v) is 7.13. The maximum absolute atomic E-state index is 14.0. The van der Waals surface area contributed by atoms with Crippen LogP contribution in [0.1, 0.15) is 28.0 Å². The summed E-state index contributed by atoms with van der Waals surface area (Å²) in [4.78, 5) is 18.9. The molecule has 0 radical (unpaired) electrons. The summed E-state index contributed by atoms with van der Waals surface area (Å²) in [7, 11) is 0. The molecule has 1 aliphatic rings. The number of ketones is 1. The molecule has 5 aromatic rings. The Morgan fingerprint density at radius 1 is 0.848 bits per heavy atom. The van der Waals surface area contributed by atoms with Crippen LogP contribution in [0.15, 0.2) is 85.1 Å². The van der Waals surface area contributed by atoms with Crippen LogP contribution in [0.3, 0.4) is 0 Å². The molecule has 0 aliphatic carbocycles. The van der Waals surface area contributed by atoms with E-state index >= 15 is 0 Å². The van der Waals surface area contributed by atoms with Gasteiger partial charge in [0.2, 0.25) is 0 Å². The Labute approximate surface area is 205 Å². The van der Waals surface area contributed by atoms with Gasteiger partial charge >= 0.3 is 0 Å². The van der Waals surface area contributed by atoms with Crippen LogP contribution in [0.25, 0.3) is 22.6 Å². The van der Waals surface area contributed by atoms with Crippen molar-refractivity contribution in [1.82, 2.24) is 14.1 Å². The van der Waals surface area contributed by atoms with Crippen LogP contribution < -0.4 is 0 Å². The maximum Gasteiger partial charge on any atom is 0.188 e. The number of aromatic nitrogens is 3. The van der Waals surface area contributed by atoms with Gasteiger partial charge < -0.3 is 9.13 Å². The van der Waals surface area contributed by atoms with Gasteiger partial charge in [0.15, 0.2) is 11.6 Å². The van der Waals surface area contributed by atoms with E-state index in [1.54, 1.807) is 6.07 Å². The molecule has 3 heterocycles. The summed E-state index contributed by atoms with van der Waals surface area (Å²) in [5, 5.41) is 1.51. The average Bonchev–Trinajstić information content (AvgIpc) is 3.44. The highest BCUT2D eigenvalue weighted by atomic mass is 35.5. The van der Waals surface area contributed by atoms with Crippen LogP contribution in [-0.2, 0) is 0 Å². The van der Waals surface area contributed by atoms with Crippen molar-refractivity contribution in [2.75, 3.05) is 0 Å². The van der Waals surface area contributed by atoms with Crippen molar-refractivity contribution in [2.24, 2.45) is 0 Å². The molecule has 0 spiro atoms. The summed E-state index contributed by atoms with van der Waals surface area (Å²) in [6.45, 7) is 0. The van der Waals surface area contributed by atoms with Crippen molar-refractivity contribution in [2.45, 2.75) is 12.1 Å². The van der Waals surface area contributed by atoms with E-state index in [0.717, 1.165) is 28.1 Å². The molecule has 33 heavy (non-hydrogen) atoms. The molecule has 0 saturated carbocycles. The van der Waals surface area contributed by atoms with Gasteiger partial charge in [-0.1, -0.05) is 77.3 Å². The lowest BCUT2D eigenvalue weighted by Crippen LogP contribution is -2.34. The SMILES string of the molecule is O=C(c1ccccc1)[C@H]1[C@H](c2ccc(Cl)cc2)n2c(nc3cc(Cl)c(Cl)cc32)-c2cccn21. The van der Waals surface area contributed by atoms with Gasteiger partial charge in [0, 0.05) is 16.8 Å². The number of fused-ring (bicyclic) bond motifs is 5. The van der Waals surface area contributed by atoms with Gasteiger partial charge in [-0.15, -0.1) is 0 Å². The first-order chi connectivity index (χ1) is 16.0. The number of hydrogen-bond donors (Lipinski definition) is 0. The minimum Gasteiger partial charge on any atom is -0.332 e. The lowest BCUT2D eigenvalue weighted by Gasteiger charge is -2.36. The molecule has 2 aromatic heterocycles. The summed E-state index contributed by atoms with van der Waals surface area (Å²) in [5.41, 5.74) is 3.99. The standard InChI is InChI=1S/C26H16Cl3N3O/c27-17-10-8-15(9-11-17)23-24(25(33)16-5-2-1-3-6-16)31-12-4-7-21(31)26-30-20-13-18(28)19(29)14-22(20)32(23)26/h1-14,23-24H/t23-,24+/m0/s1. The molecule has 0 amide bonds. The number of carbonyl (C=O) groups is 1. The fourth-order valence-electron chi connectivity index (χ4n) is 4.71. The maximum atomic E-state index is 14.0. The lowest BCUT2D eigenvalue weighted by atomic mass is 9.90. The predicted octanol–water partition coefficient (Wildman–Crippen LogP) is 7.49. The molecule has 7 heteroatoms. The highest BCUT2D eigenvalue weighted by Crippen LogP contribution is 2.46. The number of halogens is 3. The van der Waals surface area contributed by atoms with Gasteiger partial charge in [0.1, 0.15) is 6.04 Å². The van der Waals surface area contributed by atoms with Crippen molar-refractivity contribution in [3.05, 3.63) is 111 Å². The quantitative estimate of drug-likeness (QED) is 0.245. The first-order valence-corrected chi connectivity index (χ1v) is 11.6. The van der Waals surface area contributed by atoms with E-state index in [1.807, 2.05) is 83.6 Å². The second kappa shape index (κ2) is 7.77. The summed E-state index contributed by atoms with van der Waals surface area (Å²) in [5.74, 6) is 0.769. The molecule has 0 fully saturated rings. The largest absolute Gasteiger partial charge is 0.332 e. The molecule has 0 saturated heterocycles. The minimum absolute atomic E-state index is 0.0144. The van der Waals surface area contributed by atoms with Crippen LogP contribution in [0, 0.1) is 0 Å². The molecular formula is C26H16Cl3N3O. The Bertz CT molecular complexity index is 1520. The Morgan fingerprint density at radius 2 is 1.58 bits per heavy atom. The molecular weight excluding hydrogens is 477 g/mol. The number of hydrogen-bond acceptors (Lipinski definition) is 2. The molecule has 6 rings (SSSR count). The predicted molar refractivity (Wildman–Crippen MR) is 133 cm³/mol. The number of Topliss-reactive ketones (excluding diaryl/α,β-unsaturated/α-hetero) is 1. The first kappa shape index (κ1) is 20.5. The highest BCUT2D eigenvalue weighted by Gasteiger charge is 2.40. The topological polar surface area (TPSA) is 39.8 Å². The monoisotopic (exact) mass is 491 g/mol. The van der Waals surface area contributed by atoms with Crippen LogP contribution in [0.5, 0.6) is 0 Å². The van der Waals surface area contributed by atoms with Gasteiger partial charge in [-0.05, 0) is 42.0 Å². The number of benzene rings is 3. The lowest BCUT2D eigenvalue weighted by molar-refractivity contribution is 0.0895. The van der Waals surface area contributed by atoms with Crippen molar-refractivity contribution in [3.63, 3.8) is 0 Å². The highest BCUT2D eigenvalue weighted by molar-refractivity contribution is 6.42. The van der Waals surface area contributed by atoms with E-state index in [1.165, 1.54) is 0 Å². The zero-order valence-electron chi connectivity index (χ0n) is 17.1. The second-order valence-electron chi connectivity index (χ2n) is 8.03. The van der Waals surface area contributed by atoms with E-state index in [4.69, 9.17) is 39.8 Å². The summed E-state index contributed by atoms with van der Waals surface area (Å²) in [6.07, 6.45) is 1.94. The molecule has 0 unspecified atom stereocenters. The molecule has 0 N–H and O–H groups in total. The second-order valence-corrected chi connectivity index (χ2v) is 9.28. The van der Waals surface area contributed by atoms with Gasteiger partial charge in [-0.25, -0.2) is 4.98 Å². The minimum atomic E-state index is -0.530. The fourth-order valence-corrected chi connectivity index (χ4v) is 5.15. The van der Waals surface area contributed by atoms with E-state index in [9.17, 15) is 4.79 Å². The first-order valence-electron chi connectivity index (χ1n) is 10.4. The van der Waals surface area contributed by atoms with Gasteiger partial charge in [-0.3, -0.25) is 4.79 Å².